The van der Waals surface area contributed by atoms with E-state index < -0.39 is 0 Å². The first-order chi connectivity index (χ1) is 9.79. The lowest BCUT2D eigenvalue weighted by atomic mass is 10.2. The van der Waals surface area contributed by atoms with Crippen molar-refractivity contribution in [2.45, 2.75) is 13.0 Å². The van der Waals surface area contributed by atoms with Crippen LogP contribution in [0.2, 0.25) is 0 Å². The molecule has 3 aromatic rings. The lowest BCUT2D eigenvalue weighted by molar-refractivity contribution is 0.627. The third kappa shape index (κ3) is 2.30. The summed E-state index contributed by atoms with van der Waals surface area (Å²) in [4.78, 5) is 4.63. The van der Waals surface area contributed by atoms with Crippen LogP contribution in [0.3, 0.4) is 0 Å². The van der Waals surface area contributed by atoms with Gasteiger partial charge in [0.1, 0.15) is 11.6 Å². The Hall–Kier alpha value is -2.20. The Balaban J connectivity index is 2.18. The molecule has 0 aliphatic rings. The smallest absolute Gasteiger partial charge is 0.141 e. The van der Waals surface area contributed by atoms with Crippen molar-refractivity contribution in [1.29, 1.82) is 0 Å². The minimum atomic E-state index is -0.250. The Labute approximate surface area is 116 Å². The Bertz CT molecular complexity index is 733. The van der Waals surface area contributed by atoms with Crippen LogP contribution in [0.1, 0.15) is 6.42 Å². The first kappa shape index (κ1) is 12.8. The Morgan fingerprint density at radius 2 is 1.95 bits per heavy atom. The SMILES string of the molecule is NCCCn1c(-c2cccc(F)c2)nc2ccccc21. The van der Waals surface area contributed by atoms with Gasteiger partial charge in [0.05, 0.1) is 11.0 Å². The van der Waals surface area contributed by atoms with Gasteiger partial charge in [0.2, 0.25) is 0 Å². The molecule has 102 valence electrons. The van der Waals surface area contributed by atoms with Crippen LogP contribution >= 0.6 is 0 Å². The molecule has 0 radical (unpaired) electrons. The number of halogens is 1. The zero-order valence-corrected chi connectivity index (χ0v) is 11.1. The highest BCUT2D eigenvalue weighted by atomic mass is 19.1. The van der Waals surface area contributed by atoms with Crippen LogP contribution in [0.5, 0.6) is 0 Å². The topological polar surface area (TPSA) is 43.8 Å². The van der Waals surface area contributed by atoms with Gasteiger partial charge in [-0.25, -0.2) is 9.37 Å². The number of hydrogen-bond acceptors (Lipinski definition) is 2. The Morgan fingerprint density at radius 3 is 2.75 bits per heavy atom. The number of aryl methyl sites for hydroxylation is 1. The maximum Gasteiger partial charge on any atom is 0.141 e. The summed E-state index contributed by atoms with van der Waals surface area (Å²) in [7, 11) is 0. The molecule has 2 aromatic carbocycles. The standard InChI is InChI=1S/C16H16FN3/c17-13-6-3-5-12(11-13)16-19-14-7-1-2-8-15(14)20(16)10-4-9-18/h1-3,5-8,11H,4,9-10,18H2. The van der Waals surface area contributed by atoms with Crippen molar-refractivity contribution in [3.63, 3.8) is 0 Å². The quantitative estimate of drug-likeness (QED) is 0.790. The van der Waals surface area contributed by atoms with Crippen molar-refractivity contribution in [2.24, 2.45) is 5.73 Å². The number of aromatic nitrogens is 2. The van der Waals surface area contributed by atoms with E-state index in [1.165, 1.54) is 12.1 Å². The molecule has 4 heteroatoms. The van der Waals surface area contributed by atoms with Crippen LogP contribution in [0, 0.1) is 5.82 Å². The summed E-state index contributed by atoms with van der Waals surface area (Å²) in [5.41, 5.74) is 8.37. The highest BCUT2D eigenvalue weighted by molar-refractivity contribution is 5.80. The third-order valence-electron chi connectivity index (χ3n) is 3.32. The molecule has 20 heavy (non-hydrogen) atoms. The molecule has 1 heterocycles. The van der Waals surface area contributed by atoms with Gasteiger partial charge >= 0.3 is 0 Å². The van der Waals surface area contributed by atoms with Crippen molar-refractivity contribution in [1.82, 2.24) is 9.55 Å². The van der Waals surface area contributed by atoms with E-state index in [9.17, 15) is 4.39 Å². The van der Waals surface area contributed by atoms with E-state index in [-0.39, 0.29) is 5.82 Å². The monoisotopic (exact) mass is 269 g/mol. The van der Waals surface area contributed by atoms with Crippen LogP contribution < -0.4 is 5.73 Å². The fourth-order valence-corrected chi connectivity index (χ4v) is 2.40. The molecule has 1 aromatic heterocycles. The summed E-state index contributed by atoms with van der Waals surface area (Å²) in [5.74, 6) is 0.541. The van der Waals surface area contributed by atoms with Crippen molar-refractivity contribution in [3.8, 4) is 11.4 Å². The molecule has 0 bridgehead atoms. The van der Waals surface area contributed by atoms with Gasteiger partial charge in [-0.05, 0) is 37.2 Å². The highest BCUT2D eigenvalue weighted by Gasteiger charge is 2.12. The maximum atomic E-state index is 13.4. The zero-order valence-electron chi connectivity index (χ0n) is 11.1. The molecule has 3 rings (SSSR count). The van der Waals surface area contributed by atoms with Gasteiger partial charge in [-0.3, -0.25) is 0 Å². The molecular weight excluding hydrogens is 253 g/mol. The van der Waals surface area contributed by atoms with Crippen LogP contribution in [0.15, 0.2) is 48.5 Å². The van der Waals surface area contributed by atoms with Gasteiger partial charge in [-0.2, -0.15) is 0 Å². The van der Waals surface area contributed by atoms with E-state index in [4.69, 9.17) is 5.73 Å². The summed E-state index contributed by atoms with van der Waals surface area (Å²) >= 11 is 0. The molecule has 0 saturated heterocycles. The van der Waals surface area contributed by atoms with Crippen molar-refractivity contribution in [3.05, 3.63) is 54.3 Å². The van der Waals surface area contributed by atoms with E-state index in [0.717, 1.165) is 35.4 Å². The largest absolute Gasteiger partial charge is 0.330 e. The number of nitrogens with zero attached hydrogens (tertiary/aromatic N) is 2. The normalized spacial score (nSPS) is 11.1. The number of para-hydroxylation sites is 2. The highest BCUT2D eigenvalue weighted by Crippen LogP contribution is 2.25. The van der Waals surface area contributed by atoms with Crippen LogP contribution in [0.25, 0.3) is 22.4 Å². The first-order valence-corrected chi connectivity index (χ1v) is 6.71. The number of nitrogens with two attached hydrogens (primary N) is 1. The minimum absolute atomic E-state index is 0.250. The lowest BCUT2D eigenvalue weighted by Gasteiger charge is -2.08. The van der Waals surface area contributed by atoms with Gasteiger partial charge in [-0.1, -0.05) is 24.3 Å². The van der Waals surface area contributed by atoms with Gasteiger partial charge in [-0.15, -0.1) is 0 Å². The third-order valence-corrected chi connectivity index (χ3v) is 3.32. The van der Waals surface area contributed by atoms with Gasteiger partial charge < -0.3 is 10.3 Å². The van der Waals surface area contributed by atoms with Crippen LogP contribution in [-0.4, -0.2) is 16.1 Å². The Morgan fingerprint density at radius 1 is 1.10 bits per heavy atom. The van der Waals surface area contributed by atoms with Gasteiger partial charge in [0, 0.05) is 12.1 Å². The number of fused-ring (bicyclic) bond motifs is 1. The van der Waals surface area contributed by atoms with Gasteiger partial charge in [0.15, 0.2) is 0 Å². The molecule has 0 amide bonds. The number of imidazole rings is 1. The molecule has 0 unspecified atom stereocenters. The average Bonchev–Trinajstić information content (AvgIpc) is 2.84. The predicted octanol–water partition coefficient (Wildman–Crippen LogP) is 3.19. The summed E-state index contributed by atoms with van der Waals surface area (Å²) in [5, 5.41) is 0. The number of benzene rings is 2. The molecule has 0 spiro atoms. The van der Waals surface area contributed by atoms with E-state index in [1.807, 2.05) is 30.3 Å². The number of hydrogen-bond donors (Lipinski definition) is 1. The van der Waals surface area contributed by atoms with E-state index >= 15 is 0 Å². The first-order valence-electron chi connectivity index (χ1n) is 6.71. The fourth-order valence-electron chi connectivity index (χ4n) is 2.40. The van der Waals surface area contributed by atoms with Crippen molar-refractivity contribution in [2.75, 3.05) is 6.54 Å². The van der Waals surface area contributed by atoms with Crippen molar-refractivity contribution >= 4 is 11.0 Å². The summed E-state index contributed by atoms with van der Waals surface area (Å²) in [6.45, 7) is 1.40. The molecule has 0 fully saturated rings. The van der Waals surface area contributed by atoms with E-state index in [1.54, 1.807) is 6.07 Å². The molecule has 0 atom stereocenters. The second kappa shape index (κ2) is 5.43. The Kier molecular flexibility index (Phi) is 3.48. The molecule has 0 aliphatic heterocycles. The summed E-state index contributed by atoms with van der Waals surface area (Å²) < 4.78 is 15.5. The van der Waals surface area contributed by atoms with Gasteiger partial charge in [0.25, 0.3) is 0 Å². The summed E-state index contributed by atoms with van der Waals surface area (Å²) in [6, 6.07) is 14.5. The maximum absolute atomic E-state index is 13.4. The van der Waals surface area contributed by atoms with Crippen LogP contribution in [-0.2, 0) is 6.54 Å². The zero-order chi connectivity index (χ0) is 13.9. The minimum Gasteiger partial charge on any atom is -0.330 e. The molecule has 3 nitrogen and oxygen atoms in total. The van der Waals surface area contributed by atoms with Crippen LogP contribution in [0.4, 0.5) is 4.39 Å². The molecule has 0 aliphatic carbocycles. The predicted molar refractivity (Wildman–Crippen MR) is 78.8 cm³/mol. The lowest BCUT2D eigenvalue weighted by Crippen LogP contribution is -2.07. The fraction of sp³-hybridized carbons (Fsp3) is 0.188. The molecule has 2 N–H and O–H groups in total. The summed E-state index contributed by atoms with van der Waals surface area (Å²) in [6.07, 6.45) is 0.864. The van der Waals surface area contributed by atoms with E-state index in [0.29, 0.717) is 6.54 Å². The second-order valence-electron chi connectivity index (χ2n) is 4.73. The average molecular weight is 269 g/mol. The molecular formula is C16H16FN3. The molecule has 0 saturated carbocycles. The van der Waals surface area contributed by atoms with E-state index in [2.05, 4.69) is 9.55 Å². The second-order valence-corrected chi connectivity index (χ2v) is 4.73. The van der Waals surface area contributed by atoms with Crippen molar-refractivity contribution < 1.29 is 4.39 Å². The number of rotatable bonds is 4.